The quantitative estimate of drug-likeness (QED) is 0.375. The second kappa shape index (κ2) is 15.2. The third kappa shape index (κ3) is 8.52. The number of rotatable bonds is 7. The van der Waals surface area contributed by atoms with Crippen LogP contribution < -0.4 is 20.1 Å². The van der Waals surface area contributed by atoms with Crippen LogP contribution in [0, 0.1) is 0 Å². The Morgan fingerprint density at radius 3 is 2.51 bits per heavy atom. The molecule has 0 atom stereocenters. The van der Waals surface area contributed by atoms with Crippen molar-refractivity contribution in [2.24, 2.45) is 0 Å². The zero-order chi connectivity index (χ0) is 25.5. The molecule has 0 saturated heterocycles. The zero-order valence-corrected chi connectivity index (χ0v) is 21.4. The Morgan fingerprint density at radius 1 is 1.09 bits per heavy atom. The van der Waals surface area contributed by atoms with Crippen LogP contribution in [0.2, 0.25) is 0 Å². The largest absolute Gasteiger partial charge is 0.494 e. The number of aryl methyl sites for hydroxylation is 1. The lowest BCUT2D eigenvalue weighted by Crippen LogP contribution is -2.08. The molecule has 2 heterocycles. The number of pyridine rings is 1. The van der Waals surface area contributed by atoms with Crippen molar-refractivity contribution in [3.05, 3.63) is 72.1 Å². The topological polar surface area (TPSA) is 81.7 Å². The molecule has 35 heavy (non-hydrogen) atoms. The predicted octanol–water partition coefficient (Wildman–Crippen LogP) is 6.48. The highest BCUT2D eigenvalue weighted by Gasteiger charge is 2.11. The van der Waals surface area contributed by atoms with Gasteiger partial charge in [-0.25, -0.2) is 4.79 Å². The van der Waals surface area contributed by atoms with Crippen molar-refractivity contribution in [3.63, 3.8) is 0 Å². The summed E-state index contributed by atoms with van der Waals surface area (Å²) in [4.78, 5) is 15.0. The molecule has 0 aliphatic carbocycles. The molecule has 0 spiro atoms. The Hall–Kier alpha value is -3.74. The highest BCUT2D eigenvalue weighted by atomic mass is 16.5. The molecule has 0 fully saturated rings. The Kier molecular flexibility index (Phi) is 12.0. The van der Waals surface area contributed by atoms with Crippen LogP contribution >= 0.6 is 0 Å². The zero-order valence-electron chi connectivity index (χ0n) is 21.4. The van der Waals surface area contributed by atoms with Gasteiger partial charge in [-0.3, -0.25) is 4.98 Å². The first kappa shape index (κ1) is 27.5. The molecule has 7 heteroatoms. The number of fused-ring (bicyclic) bond motifs is 1. The summed E-state index contributed by atoms with van der Waals surface area (Å²) in [5.74, 6) is 1.56. The maximum Gasteiger partial charge on any atom is 0.340 e. The van der Waals surface area contributed by atoms with Gasteiger partial charge in [0.05, 0.1) is 37.8 Å². The van der Waals surface area contributed by atoms with Gasteiger partial charge in [0.2, 0.25) is 0 Å². The number of hydrogen-bond acceptors (Lipinski definition) is 7. The standard InChI is InChI=1S/C18H21NO2.C8H10N2O2.C2H6/c1-2-11-20-17-9-7-15(8-10-17)19-16-6-5-14-4-3-12-21-18(14)13-16;1-9-7-5-10-4-3-6(7)8(11)12-2;1-2/h5-10,13,19H,2-4,11-12H2,1H3;3-5,9H,1-2H3;1-2H3. The molecule has 1 aromatic heterocycles. The third-order valence-corrected chi connectivity index (χ3v) is 5.03. The van der Waals surface area contributed by atoms with E-state index in [4.69, 9.17) is 9.47 Å². The van der Waals surface area contributed by atoms with Crippen molar-refractivity contribution < 1.29 is 19.0 Å². The number of esters is 1. The molecule has 0 bridgehead atoms. The third-order valence-electron chi connectivity index (χ3n) is 5.03. The van der Waals surface area contributed by atoms with Crippen LogP contribution in [0.4, 0.5) is 17.1 Å². The molecular weight excluding hydrogens is 442 g/mol. The summed E-state index contributed by atoms with van der Waals surface area (Å²) in [6.07, 6.45) is 6.37. The highest BCUT2D eigenvalue weighted by Crippen LogP contribution is 2.29. The van der Waals surface area contributed by atoms with E-state index >= 15 is 0 Å². The molecule has 188 valence electrons. The summed E-state index contributed by atoms with van der Waals surface area (Å²) in [6, 6.07) is 16.0. The van der Waals surface area contributed by atoms with Crippen molar-refractivity contribution in [1.29, 1.82) is 0 Å². The predicted molar refractivity (Wildman–Crippen MR) is 142 cm³/mol. The summed E-state index contributed by atoms with van der Waals surface area (Å²) in [5.41, 5.74) is 4.57. The normalized spacial score (nSPS) is 11.2. The average Bonchev–Trinajstić information content (AvgIpc) is 2.93. The number of ether oxygens (including phenoxy) is 3. The van der Waals surface area contributed by atoms with Gasteiger partial charge in [-0.15, -0.1) is 0 Å². The van der Waals surface area contributed by atoms with Crippen LogP contribution in [-0.2, 0) is 11.2 Å². The fraction of sp³-hybridized carbons (Fsp3) is 0.357. The van der Waals surface area contributed by atoms with Gasteiger partial charge in [0.15, 0.2) is 0 Å². The van der Waals surface area contributed by atoms with E-state index in [1.807, 2.05) is 38.1 Å². The van der Waals surface area contributed by atoms with Crippen molar-refractivity contribution >= 4 is 23.0 Å². The van der Waals surface area contributed by atoms with Crippen LogP contribution in [0.15, 0.2) is 60.9 Å². The maximum atomic E-state index is 11.1. The second-order valence-electron chi connectivity index (χ2n) is 7.44. The van der Waals surface area contributed by atoms with E-state index < -0.39 is 0 Å². The minimum absolute atomic E-state index is 0.359. The van der Waals surface area contributed by atoms with Crippen LogP contribution in [0.25, 0.3) is 0 Å². The molecule has 3 aromatic rings. The molecule has 0 unspecified atom stereocenters. The molecule has 1 aliphatic rings. The fourth-order valence-electron chi connectivity index (χ4n) is 3.32. The highest BCUT2D eigenvalue weighted by molar-refractivity contribution is 5.95. The molecule has 7 nitrogen and oxygen atoms in total. The Balaban J connectivity index is 0.000000263. The van der Waals surface area contributed by atoms with Crippen LogP contribution in [-0.4, -0.2) is 38.3 Å². The number of hydrogen-bond donors (Lipinski definition) is 2. The second-order valence-corrected chi connectivity index (χ2v) is 7.44. The summed E-state index contributed by atoms with van der Waals surface area (Å²) < 4.78 is 15.9. The van der Waals surface area contributed by atoms with Crippen molar-refractivity contribution in [3.8, 4) is 11.5 Å². The van der Waals surface area contributed by atoms with Gasteiger partial charge in [-0.1, -0.05) is 26.8 Å². The van der Waals surface area contributed by atoms with E-state index in [9.17, 15) is 4.79 Å². The van der Waals surface area contributed by atoms with Crippen molar-refractivity contribution in [2.75, 3.05) is 38.0 Å². The van der Waals surface area contributed by atoms with Gasteiger partial charge in [0.1, 0.15) is 11.5 Å². The van der Waals surface area contributed by atoms with Crippen molar-refractivity contribution in [1.82, 2.24) is 4.98 Å². The lowest BCUT2D eigenvalue weighted by Gasteiger charge is -2.18. The van der Waals surface area contributed by atoms with Gasteiger partial charge < -0.3 is 24.8 Å². The van der Waals surface area contributed by atoms with Crippen LogP contribution in [0.3, 0.4) is 0 Å². The van der Waals surface area contributed by atoms with E-state index in [1.54, 1.807) is 25.5 Å². The number of anilines is 3. The first-order chi connectivity index (χ1) is 17.1. The lowest BCUT2D eigenvalue weighted by atomic mass is 10.1. The molecule has 4 rings (SSSR count). The molecule has 2 N–H and O–H groups in total. The van der Waals surface area contributed by atoms with E-state index in [-0.39, 0.29) is 5.97 Å². The lowest BCUT2D eigenvalue weighted by molar-refractivity contribution is 0.0601. The van der Waals surface area contributed by atoms with E-state index in [1.165, 1.54) is 12.7 Å². The van der Waals surface area contributed by atoms with Gasteiger partial charge in [-0.2, -0.15) is 0 Å². The number of aromatic nitrogens is 1. The van der Waals surface area contributed by atoms with Gasteiger partial charge in [0.25, 0.3) is 0 Å². The van der Waals surface area contributed by atoms with E-state index in [0.29, 0.717) is 11.3 Å². The number of methoxy groups -OCH3 is 1. The van der Waals surface area contributed by atoms with Gasteiger partial charge in [-0.05, 0) is 61.2 Å². The molecule has 0 saturated carbocycles. The molecule has 0 amide bonds. The van der Waals surface area contributed by atoms with Gasteiger partial charge in [0, 0.05) is 30.7 Å². The summed E-state index contributed by atoms with van der Waals surface area (Å²) in [6.45, 7) is 7.68. The summed E-state index contributed by atoms with van der Waals surface area (Å²) >= 11 is 0. The number of nitrogens with one attached hydrogen (secondary N) is 2. The van der Waals surface area contributed by atoms with Crippen LogP contribution in [0.5, 0.6) is 11.5 Å². The smallest absolute Gasteiger partial charge is 0.340 e. The number of carbonyl (C=O) groups excluding carboxylic acids is 1. The maximum absolute atomic E-state index is 11.1. The van der Waals surface area contributed by atoms with Gasteiger partial charge >= 0.3 is 5.97 Å². The van der Waals surface area contributed by atoms with Crippen LogP contribution in [0.1, 0.15) is 49.5 Å². The van der Waals surface area contributed by atoms with E-state index in [2.05, 4.69) is 45.5 Å². The van der Waals surface area contributed by atoms with Crippen molar-refractivity contribution in [2.45, 2.75) is 40.0 Å². The molecular formula is C28H37N3O4. The SMILES string of the molecule is CC.CCCOc1ccc(Nc2ccc3c(c2)OCCC3)cc1.CNc1cnccc1C(=O)OC. The Labute approximate surface area is 208 Å². The molecule has 1 aliphatic heterocycles. The monoisotopic (exact) mass is 479 g/mol. The Bertz CT molecular complexity index is 1040. The number of nitrogens with zero attached hydrogens (tertiary/aromatic N) is 1. The molecule has 0 radical (unpaired) electrons. The summed E-state index contributed by atoms with van der Waals surface area (Å²) in [5, 5.41) is 6.25. The fourth-order valence-corrected chi connectivity index (χ4v) is 3.32. The summed E-state index contributed by atoms with van der Waals surface area (Å²) in [7, 11) is 3.08. The number of carbonyl (C=O) groups is 1. The minimum Gasteiger partial charge on any atom is -0.494 e. The minimum atomic E-state index is -0.359. The molecule has 2 aromatic carbocycles. The van der Waals surface area contributed by atoms with E-state index in [0.717, 1.165) is 55.4 Å². The number of benzene rings is 2. The first-order valence-corrected chi connectivity index (χ1v) is 12.1. The Morgan fingerprint density at radius 2 is 1.83 bits per heavy atom. The average molecular weight is 480 g/mol. The first-order valence-electron chi connectivity index (χ1n) is 12.1.